The van der Waals surface area contributed by atoms with Gasteiger partial charge in [-0.3, -0.25) is 0 Å². The van der Waals surface area contributed by atoms with Crippen LogP contribution in [0.1, 0.15) is 37.8 Å². The number of halogens is 1. The van der Waals surface area contributed by atoms with Crippen LogP contribution in [0.5, 0.6) is 5.75 Å². The second-order valence-corrected chi connectivity index (χ2v) is 6.45. The Morgan fingerprint density at radius 1 is 1.08 bits per heavy atom. The van der Waals surface area contributed by atoms with Crippen molar-refractivity contribution in [2.24, 2.45) is 0 Å². The Labute approximate surface area is 148 Å². The van der Waals surface area contributed by atoms with Crippen LogP contribution in [0, 0.1) is 6.92 Å². The van der Waals surface area contributed by atoms with Crippen LogP contribution in [0.4, 0.5) is 10.5 Å². The number of hydrogen-bond acceptors (Lipinski definition) is 2. The molecule has 2 aromatic rings. The number of hydrogen-bond donors (Lipinski definition) is 2. The summed E-state index contributed by atoms with van der Waals surface area (Å²) < 4.78 is 5.70. The number of benzene rings is 2. The fraction of sp³-hybridized carbons (Fsp3) is 0.316. The quantitative estimate of drug-likeness (QED) is 0.720. The molecule has 128 valence electrons. The molecule has 1 atom stereocenters. The highest BCUT2D eigenvalue weighted by Gasteiger charge is 2.09. The van der Waals surface area contributed by atoms with Crippen molar-refractivity contribution in [1.29, 1.82) is 0 Å². The number of urea groups is 1. The molecule has 0 fully saturated rings. The first-order chi connectivity index (χ1) is 11.3. The van der Waals surface area contributed by atoms with E-state index in [1.165, 1.54) is 5.56 Å². The molecule has 5 heteroatoms. The van der Waals surface area contributed by atoms with E-state index in [0.29, 0.717) is 22.4 Å². The van der Waals surface area contributed by atoms with Crippen LogP contribution in [-0.2, 0) is 0 Å². The maximum absolute atomic E-state index is 12.0. The van der Waals surface area contributed by atoms with E-state index in [1.807, 2.05) is 37.3 Å². The van der Waals surface area contributed by atoms with Crippen molar-refractivity contribution < 1.29 is 9.53 Å². The molecule has 4 nitrogen and oxygen atoms in total. The molecule has 24 heavy (non-hydrogen) atoms. The molecule has 0 aliphatic rings. The fourth-order valence-electron chi connectivity index (χ4n) is 2.19. The zero-order valence-electron chi connectivity index (χ0n) is 14.4. The minimum Gasteiger partial charge on any atom is -0.471 e. The molecule has 0 heterocycles. The molecular formula is C19H23ClN2O2. The van der Waals surface area contributed by atoms with Crippen molar-refractivity contribution in [3.8, 4) is 5.75 Å². The van der Waals surface area contributed by atoms with Crippen molar-refractivity contribution in [2.45, 2.75) is 39.8 Å². The number of anilines is 1. The van der Waals surface area contributed by atoms with Crippen LogP contribution < -0.4 is 15.4 Å². The van der Waals surface area contributed by atoms with Gasteiger partial charge >= 0.3 is 6.03 Å². The summed E-state index contributed by atoms with van der Waals surface area (Å²) in [5, 5.41) is 6.08. The summed E-state index contributed by atoms with van der Waals surface area (Å²) in [5.74, 6) is 1.19. The Hall–Kier alpha value is -2.20. The third-order valence-corrected chi connectivity index (χ3v) is 4.03. The third-order valence-electron chi connectivity index (χ3n) is 3.62. The van der Waals surface area contributed by atoms with Crippen molar-refractivity contribution in [1.82, 2.24) is 5.32 Å². The summed E-state index contributed by atoms with van der Waals surface area (Å²) in [6, 6.07) is 12.9. The summed E-state index contributed by atoms with van der Waals surface area (Å²) >= 11 is 6.05. The highest BCUT2D eigenvalue weighted by atomic mass is 35.5. The summed E-state index contributed by atoms with van der Waals surface area (Å²) in [6.07, 6.45) is -0.462. The molecular weight excluding hydrogens is 324 g/mol. The summed E-state index contributed by atoms with van der Waals surface area (Å²) in [5.41, 5.74) is 2.85. The molecule has 0 aliphatic heterocycles. The van der Waals surface area contributed by atoms with Crippen molar-refractivity contribution in [2.75, 3.05) is 5.32 Å². The minimum atomic E-state index is -0.462. The van der Waals surface area contributed by atoms with Crippen LogP contribution in [0.15, 0.2) is 42.5 Å². The van der Waals surface area contributed by atoms with Crippen LogP contribution in [0.3, 0.4) is 0 Å². The van der Waals surface area contributed by atoms with Crippen LogP contribution in [0.2, 0.25) is 5.02 Å². The lowest BCUT2D eigenvalue weighted by molar-refractivity contribution is 0.183. The number of amides is 2. The lowest BCUT2D eigenvalue weighted by Crippen LogP contribution is -2.39. The second-order valence-electron chi connectivity index (χ2n) is 6.05. The molecule has 0 spiro atoms. The fourth-order valence-corrected chi connectivity index (χ4v) is 2.37. The first-order valence-corrected chi connectivity index (χ1v) is 8.33. The highest BCUT2D eigenvalue weighted by molar-refractivity contribution is 6.31. The van der Waals surface area contributed by atoms with Crippen LogP contribution in [-0.4, -0.2) is 12.3 Å². The number of nitrogens with one attached hydrogen (secondary N) is 2. The van der Waals surface area contributed by atoms with Crippen LogP contribution in [0.25, 0.3) is 0 Å². The number of ether oxygens (including phenoxy) is 1. The summed E-state index contributed by atoms with van der Waals surface area (Å²) in [4.78, 5) is 12.0. The maximum atomic E-state index is 12.0. The van der Waals surface area contributed by atoms with Gasteiger partial charge in [-0.25, -0.2) is 4.79 Å². The van der Waals surface area contributed by atoms with Gasteiger partial charge in [0.15, 0.2) is 6.23 Å². The Kier molecular flexibility index (Phi) is 6.10. The van der Waals surface area contributed by atoms with E-state index in [2.05, 4.69) is 24.5 Å². The van der Waals surface area contributed by atoms with E-state index >= 15 is 0 Å². The van der Waals surface area contributed by atoms with Gasteiger partial charge in [-0.1, -0.05) is 43.6 Å². The van der Waals surface area contributed by atoms with Gasteiger partial charge in [0, 0.05) is 10.7 Å². The average Bonchev–Trinajstić information content (AvgIpc) is 2.51. The largest absolute Gasteiger partial charge is 0.471 e. The molecule has 2 N–H and O–H groups in total. The van der Waals surface area contributed by atoms with Crippen LogP contribution >= 0.6 is 11.6 Å². The molecule has 0 bridgehead atoms. The van der Waals surface area contributed by atoms with E-state index in [1.54, 1.807) is 19.1 Å². The molecule has 1 unspecified atom stereocenters. The van der Waals surface area contributed by atoms with Gasteiger partial charge in [0.1, 0.15) is 5.75 Å². The Morgan fingerprint density at radius 2 is 1.75 bits per heavy atom. The van der Waals surface area contributed by atoms with E-state index < -0.39 is 6.23 Å². The lowest BCUT2D eigenvalue weighted by Gasteiger charge is -2.17. The molecule has 0 aromatic heterocycles. The zero-order chi connectivity index (χ0) is 17.7. The lowest BCUT2D eigenvalue weighted by atomic mass is 10.0. The Bertz CT molecular complexity index is 699. The molecule has 2 amide bonds. The topological polar surface area (TPSA) is 50.4 Å². The summed E-state index contributed by atoms with van der Waals surface area (Å²) in [7, 11) is 0. The van der Waals surface area contributed by atoms with Gasteiger partial charge in [0.25, 0.3) is 0 Å². The smallest absolute Gasteiger partial charge is 0.322 e. The molecule has 0 saturated heterocycles. The van der Waals surface area contributed by atoms with E-state index in [0.717, 1.165) is 5.56 Å². The SMILES string of the molecule is Cc1ccc(NC(=O)NC(C)Oc2ccc(C(C)C)cc2)cc1Cl. The number of carbonyl (C=O) groups is 1. The van der Waals surface area contributed by atoms with Gasteiger partial charge in [-0.15, -0.1) is 0 Å². The van der Waals surface area contributed by atoms with Gasteiger partial charge in [-0.05, 0) is 55.2 Å². The predicted molar refractivity (Wildman–Crippen MR) is 99.0 cm³/mol. The Morgan fingerprint density at radius 3 is 2.33 bits per heavy atom. The van der Waals surface area contributed by atoms with Crippen molar-refractivity contribution in [3.05, 3.63) is 58.6 Å². The van der Waals surface area contributed by atoms with E-state index in [-0.39, 0.29) is 6.03 Å². The molecule has 2 rings (SSSR count). The first-order valence-electron chi connectivity index (χ1n) is 7.95. The predicted octanol–water partition coefficient (Wildman–Crippen LogP) is 5.32. The summed E-state index contributed by atoms with van der Waals surface area (Å²) in [6.45, 7) is 7.97. The monoisotopic (exact) mass is 346 g/mol. The standard InChI is InChI=1S/C19H23ClN2O2/c1-12(2)15-6-9-17(10-7-15)24-14(4)21-19(23)22-16-8-5-13(3)18(20)11-16/h5-12,14H,1-4H3,(H2,21,22,23). The molecule has 0 aliphatic carbocycles. The highest BCUT2D eigenvalue weighted by Crippen LogP contribution is 2.20. The normalized spacial score (nSPS) is 11.9. The first kappa shape index (κ1) is 18.1. The van der Waals surface area contributed by atoms with Gasteiger partial charge in [0.2, 0.25) is 0 Å². The second kappa shape index (κ2) is 8.06. The van der Waals surface area contributed by atoms with Gasteiger partial charge in [0.05, 0.1) is 0 Å². The zero-order valence-corrected chi connectivity index (χ0v) is 15.1. The van der Waals surface area contributed by atoms with Crippen molar-refractivity contribution >= 4 is 23.3 Å². The molecule has 0 saturated carbocycles. The number of carbonyl (C=O) groups excluding carboxylic acids is 1. The van der Waals surface area contributed by atoms with E-state index in [4.69, 9.17) is 16.3 Å². The van der Waals surface area contributed by atoms with Gasteiger partial charge < -0.3 is 15.4 Å². The van der Waals surface area contributed by atoms with Crippen molar-refractivity contribution in [3.63, 3.8) is 0 Å². The minimum absolute atomic E-state index is 0.346. The number of rotatable bonds is 5. The number of aryl methyl sites for hydroxylation is 1. The average molecular weight is 347 g/mol. The maximum Gasteiger partial charge on any atom is 0.322 e. The molecule has 0 radical (unpaired) electrons. The van der Waals surface area contributed by atoms with E-state index in [9.17, 15) is 4.79 Å². The Balaban J connectivity index is 1.87. The van der Waals surface area contributed by atoms with Gasteiger partial charge in [-0.2, -0.15) is 0 Å². The third kappa shape index (κ3) is 5.17. The molecule has 2 aromatic carbocycles.